The van der Waals surface area contributed by atoms with E-state index in [1.807, 2.05) is 0 Å². The summed E-state index contributed by atoms with van der Waals surface area (Å²) in [6, 6.07) is 1.16. The monoisotopic (exact) mass is 220 g/mol. The van der Waals surface area contributed by atoms with Crippen LogP contribution in [0.5, 0.6) is 0 Å². The maximum atomic E-state index is 11.8. The number of halogens is 3. The van der Waals surface area contributed by atoms with Gasteiger partial charge in [-0.05, 0) is 18.6 Å². The number of anilines is 1. The van der Waals surface area contributed by atoms with Crippen molar-refractivity contribution in [1.29, 1.82) is 0 Å². The first kappa shape index (κ1) is 11.3. The maximum absolute atomic E-state index is 11.8. The van der Waals surface area contributed by atoms with Crippen LogP contribution in [-0.4, -0.2) is 17.1 Å². The van der Waals surface area contributed by atoms with Crippen LogP contribution in [0, 0.1) is 6.92 Å². The van der Waals surface area contributed by atoms with Gasteiger partial charge in [-0.2, -0.15) is 13.2 Å². The lowest BCUT2D eigenvalue weighted by Gasteiger charge is -2.07. The van der Waals surface area contributed by atoms with E-state index in [2.05, 4.69) is 4.98 Å². The van der Waals surface area contributed by atoms with Gasteiger partial charge < -0.3 is 10.3 Å². The minimum Gasteiger partial charge on any atom is -0.327 e. The highest BCUT2D eigenvalue weighted by atomic mass is 19.4. The maximum Gasteiger partial charge on any atom is 0.471 e. The molecule has 1 amide bonds. The number of aryl methyl sites for hydroxylation is 1. The van der Waals surface area contributed by atoms with E-state index in [4.69, 9.17) is 0 Å². The number of H-pyrrole nitrogens is 1. The Labute approximate surface area is 82.1 Å². The Bertz CT molecular complexity index is 436. The van der Waals surface area contributed by atoms with Gasteiger partial charge in [0.05, 0.1) is 0 Å². The molecule has 0 spiro atoms. The lowest BCUT2D eigenvalue weighted by Crippen LogP contribution is -2.32. The van der Waals surface area contributed by atoms with Crippen molar-refractivity contribution < 1.29 is 18.0 Å². The van der Waals surface area contributed by atoms with Crippen LogP contribution in [0.4, 0.5) is 18.9 Å². The Morgan fingerprint density at radius 1 is 1.47 bits per heavy atom. The lowest BCUT2D eigenvalue weighted by molar-refractivity contribution is -0.167. The first-order chi connectivity index (χ1) is 6.80. The molecule has 2 N–H and O–H groups in total. The molecule has 1 aromatic rings. The molecule has 1 heterocycles. The number of carbonyl (C=O) groups excluding carboxylic acids is 1. The second-order valence-electron chi connectivity index (χ2n) is 2.87. The van der Waals surface area contributed by atoms with E-state index in [1.54, 1.807) is 6.92 Å². The average Bonchev–Trinajstić information content (AvgIpc) is 2.09. The highest BCUT2D eigenvalue weighted by Gasteiger charge is 2.39. The molecule has 7 heteroatoms. The summed E-state index contributed by atoms with van der Waals surface area (Å²) in [5.41, 5.74) is -0.664. The summed E-state index contributed by atoms with van der Waals surface area (Å²) in [7, 11) is 0. The topological polar surface area (TPSA) is 62.0 Å². The fourth-order valence-electron chi connectivity index (χ4n) is 0.878. The molecule has 82 valence electrons. The predicted molar refractivity (Wildman–Crippen MR) is 46.5 cm³/mol. The van der Waals surface area contributed by atoms with Crippen LogP contribution in [0.15, 0.2) is 17.1 Å². The minimum absolute atomic E-state index is 0.419. The Kier molecular flexibility index (Phi) is 2.83. The molecule has 0 saturated carbocycles. The van der Waals surface area contributed by atoms with Crippen molar-refractivity contribution in [2.75, 3.05) is 5.32 Å². The second kappa shape index (κ2) is 3.76. The number of hydrogen-bond acceptors (Lipinski definition) is 2. The van der Waals surface area contributed by atoms with Gasteiger partial charge in [-0.25, -0.2) is 0 Å². The average molecular weight is 220 g/mol. The molecule has 1 aromatic heterocycles. The van der Waals surface area contributed by atoms with Gasteiger partial charge in [0.1, 0.15) is 5.69 Å². The van der Waals surface area contributed by atoms with E-state index in [1.165, 1.54) is 11.5 Å². The molecule has 0 fully saturated rings. The molecule has 4 nitrogen and oxygen atoms in total. The number of nitrogens with one attached hydrogen (secondary N) is 2. The lowest BCUT2D eigenvalue weighted by atomic mass is 10.3. The van der Waals surface area contributed by atoms with E-state index in [-0.39, 0.29) is 0 Å². The quantitative estimate of drug-likeness (QED) is 0.746. The number of aromatic amines is 1. The molecule has 0 aliphatic carbocycles. The first-order valence-electron chi connectivity index (χ1n) is 3.88. The highest BCUT2D eigenvalue weighted by Crippen LogP contribution is 2.16. The van der Waals surface area contributed by atoms with Crippen LogP contribution < -0.4 is 10.9 Å². The van der Waals surface area contributed by atoms with Crippen LogP contribution in [0.2, 0.25) is 0 Å². The van der Waals surface area contributed by atoms with Gasteiger partial charge in [-0.3, -0.25) is 9.59 Å². The fraction of sp³-hybridized carbons (Fsp3) is 0.250. The zero-order valence-corrected chi connectivity index (χ0v) is 7.61. The smallest absolute Gasteiger partial charge is 0.327 e. The number of amides is 1. The van der Waals surface area contributed by atoms with Crippen LogP contribution in [0.25, 0.3) is 0 Å². The van der Waals surface area contributed by atoms with Crippen LogP contribution in [-0.2, 0) is 4.79 Å². The van der Waals surface area contributed by atoms with E-state index < -0.39 is 23.3 Å². The summed E-state index contributed by atoms with van der Waals surface area (Å²) >= 11 is 0. The number of rotatable bonds is 1. The van der Waals surface area contributed by atoms with Crippen molar-refractivity contribution in [1.82, 2.24) is 4.98 Å². The Hall–Kier alpha value is -1.79. The van der Waals surface area contributed by atoms with Crippen molar-refractivity contribution >= 4 is 11.6 Å². The predicted octanol–water partition coefficient (Wildman–Crippen LogP) is 1.18. The normalized spacial score (nSPS) is 11.2. The molecule has 0 aliphatic rings. The van der Waals surface area contributed by atoms with E-state index in [0.29, 0.717) is 5.56 Å². The molecule has 1 rings (SSSR count). The van der Waals surface area contributed by atoms with Gasteiger partial charge in [0.15, 0.2) is 0 Å². The number of pyridine rings is 1. The van der Waals surface area contributed by atoms with Crippen LogP contribution in [0.3, 0.4) is 0 Å². The van der Waals surface area contributed by atoms with E-state index in [9.17, 15) is 22.8 Å². The Morgan fingerprint density at radius 2 is 2.07 bits per heavy atom. The zero-order valence-electron chi connectivity index (χ0n) is 7.61. The van der Waals surface area contributed by atoms with Crippen molar-refractivity contribution in [3.63, 3.8) is 0 Å². The zero-order chi connectivity index (χ0) is 11.6. The molecular weight excluding hydrogens is 213 g/mol. The summed E-state index contributed by atoms with van der Waals surface area (Å²) in [6.45, 7) is 1.57. The van der Waals surface area contributed by atoms with E-state index in [0.717, 1.165) is 6.07 Å². The Balaban J connectivity index is 2.95. The molecule has 0 aliphatic heterocycles. The van der Waals surface area contributed by atoms with Gasteiger partial charge in [0, 0.05) is 6.20 Å². The van der Waals surface area contributed by atoms with Crippen LogP contribution >= 0.6 is 0 Å². The summed E-state index contributed by atoms with van der Waals surface area (Å²) < 4.78 is 35.5. The number of aromatic nitrogens is 1. The number of carbonyl (C=O) groups is 1. The van der Waals surface area contributed by atoms with Gasteiger partial charge >= 0.3 is 12.1 Å². The standard InChI is InChI=1S/C8H7F3N2O2/c1-4-2-5(6(14)12-3-4)13-7(15)8(9,10)11/h2-3H,1H3,(H,12,14)(H,13,15). The molecule has 0 atom stereocenters. The summed E-state index contributed by atoms with van der Waals surface area (Å²) in [6.07, 6.45) is -3.68. The first-order valence-corrected chi connectivity index (χ1v) is 3.88. The number of hydrogen-bond donors (Lipinski definition) is 2. The third-order valence-corrected chi connectivity index (χ3v) is 1.55. The third-order valence-electron chi connectivity index (χ3n) is 1.55. The van der Waals surface area contributed by atoms with Crippen LogP contribution in [0.1, 0.15) is 5.56 Å². The van der Waals surface area contributed by atoms with Gasteiger partial charge in [0.2, 0.25) is 0 Å². The molecule has 0 unspecified atom stereocenters. The van der Waals surface area contributed by atoms with Crippen molar-refractivity contribution in [3.8, 4) is 0 Å². The van der Waals surface area contributed by atoms with E-state index >= 15 is 0 Å². The van der Waals surface area contributed by atoms with Gasteiger partial charge in [-0.15, -0.1) is 0 Å². The molecular formula is C8H7F3N2O2. The van der Waals surface area contributed by atoms with Crippen molar-refractivity contribution in [3.05, 3.63) is 28.2 Å². The minimum atomic E-state index is -5.00. The summed E-state index contributed by atoms with van der Waals surface area (Å²) in [5, 5.41) is 1.48. The van der Waals surface area contributed by atoms with Gasteiger partial charge in [0.25, 0.3) is 5.56 Å². The number of alkyl halides is 3. The van der Waals surface area contributed by atoms with Crippen molar-refractivity contribution in [2.24, 2.45) is 0 Å². The third kappa shape index (κ3) is 2.83. The molecule has 0 aromatic carbocycles. The van der Waals surface area contributed by atoms with Crippen molar-refractivity contribution in [2.45, 2.75) is 13.1 Å². The fourth-order valence-corrected chi connectivity index (χ4v) is 0.878. The molecule has 0 saturated heterocycles. The Morgan fingerprint density at radius 3 is 2.60 bits per heavy atom. The molecule has 0 bridgehead atoms. The molecule has 0 radical (unpaired) electrons. The SMILES string of the molecule is Cc1c[nH]c(=O)c(NC(=O)C(F)(F)F)c1. The van der Waals surface area contributed by atoms with Gasteiger partial charge in [-0.1, -0.05) is 0 Å². The largest absolute Gasteiger partial charge is 0.471 e. The summed E-state index contributed by atoms with van der Waals surface area (Å²) in [5.74, 6) is -2.17. The highest BCUT2D eigenvalue weighted by molar-refractivity contribution is 5.94. The second-order valence-corrected chi connectivity index (χ2v) is 2.87. The molecule has 15 heavy (non-hydrogen) atoms. The summed E-state index contributed by atoms with van der Waals surface area (Å²) in [4.78, 5) is 23.7.